The van der Waals surface area contributed by atoms with E-state index in [1.807, 2.05) is 0 Å². The summed E-state index contributed by atoms with van der Waals surface area (Å²) >= 11 is 0. The second-order valence-electron chi connectivity index (χ2n) is 5.21. The third kappa shape index (κ3) is 3.09. The van der Waals surface area contributed by atoms with Crippen LogP contribution in [0.3, 0.4) is 0 Å². The van der Waals surface area contributed by atoms with E-state index in [2.05, 4.69) is 15.6 Å². The maximum Gasteiger partial charge on any atom is 0.435 e. The normalized spacial score (nSPS) is 15.6. The number of nitrogens with one attached hydrogen (secondary N) is 1. The van der Waals surface area contributed by atoms with Gasteiger partial charge in [0, 0.05) is 26.2 Å². The van der Waals surface area contributed by atoms with Gasteiger partial charge in [-0.3, -0.25) is 4.79 Å². The topological polar surface area (TPSA) is 63.1 Å². The van der Waals surface area contributed by atoms with Gasteiger partial charge in [0.25, 0.3) is 5.91 Å². The molecule has 1 fully saturated rings. The van der Waals surface area contributed by atoms with Gasteiger partial charge in [-0.25, -0.2) is 9.07 Å². The van der Waals surface area contributed by atoms with E-state index >= 15 is 0 Å². The SMILES string of the molecule is O=C(c1nnn(-c2ccc(F)cc2)c1C(F)(F)F)N1CCNCC1. The molecule has 1 aliphatic rings. The maximum atomic E-state index is 13.5. The summed E-state index contributed by atoms with van der Waals surface area (Å²) < 4.78 is 53.9. The van der Waals surface area contributed by atoms with Crippen molar-refractivity contribution in [2.45, 2.75) is 6.18 Å². The van der Waals surface area contributed by atoms with Crippen LogP contribution in [0.15, 0.2) is 24.3 Å². The fourth-order valence-corrected chi connectivity index (χ4v) is 2.46. The van der Waals surface area contributed by atoms with Gasteiger partial charge in [0.05, 0.1) is 5.69 Å². The third-order valence-corrected chi connectivity index (χ3v) is 3.62. The van der Waals surface area contributed by atoms with Gasteiger partial charge in [0.2, 0.25) is 0 Å². The molecule has 1 N–H and O–H groups in total. The number of piperazine rings is 1. The Morgan fingerprint density at radius 3 is 2.33 bits per heavy atom. The van der Waals surface area contributed by atoms with Crippen molar-refractivity contribution in [3.8, 4) is 5.69 Å². The van der Waals surface area contributed by atoms with Gasteiger partial charge in [-0.1, -0.05) is 5.21 Å². The second kappa shape index (κ2) is 6.19. The van der Waals surface area contributed by atoms with Crippen LogP contribution >= 0.6 is 0 Å². The van der Waals surface area contributed by atoms with Crippen LogP contribution in [0.4, 0.5) is 17.6 Å². The van der Waals surface area contributed by atoms with Crippen molar-refractivity contribution in [3.63, 3.8) is 0 Å². The van der Waals surface area contributed by atoms with E-state index in [4.69, 9.17) is 0 Å². The zero-order valence-electron chi connectivity index (χ0n) is 12.3. The van der Waals surface area contributed by atoms with Gasteiger partial charge in [0.15, 0.2) is 11.4 Å². The fourth-order valence-electron chi connectivity index (χ4n) is 2.46. The minimum atomic E-state index is -4.84. The third-order valence-electron chi connectivity index (χ3n) is 3.62. The molecule has 0 saturated carbocycles. The standard InChI is InChI=1S/C14H13F4N5O/c15-9-1-3-10(4-2-9)23-12(14(16,17)18)11(20-21-23)13(24)22-7-5-19-6-8-22/h1-4,19H,5-8H2. The number of carbonyl (C=O) groups excluding carboxylic acids is 1. The van der Waals surface area contributed by atoms with Crippen molar-refractivity contribution >= 4 is 5.91 Å². The Kier molecular flexibility index (Phi) is 4.22. The smallest absolute Gasteiger partial charge is 0.335 e. The predicted octanol–water partition coefficient (Wildman–Crippen LogP) is 1.47. The molecule has 10 heteroatoms. The van der Waals surface area contributed by atoms with Gasteiger partial charge in [-0.2, -0.15) is 13.2 Å². The number of amides is 1. The molecule has 0 bridgehead atoms. The molecular weight excluding hydrogens is 330 g/mol. The number of aromatic nitrogens is 3. The number of hydrogen-bond donors (Lipinski definition) is 1. The number of halogens is 4. The lowest BCUT2D eigenvalue weighted by Gasteiger charge is -2.27. The predicted molar refractivity (Wildman–Crippen MR) is 75.1 cm³/mol. The molecule has 2 aromatic rings. The number of hydrogen-bond acceptors (Lipinski definition) is 4. The van der Waals surface area contributed by atoms with Crippen molar-refractivity contribution in [1.82, 2.24) is 25.2 Å². The van der Waals surface area contributed by atoms with Crippen LogP contribution in [0.1, 0.15) is 16.2 Å². The first kappa shape index (κ1) is 16.4. The molecule has 1 aromatic heterocycles. The van der Waals surface area contributed by atoms with E-state index in [0.29, 0.717) is 30.9 Å². The average Bonchev–Trinajstić information content (AvgIpc) is 3.01. The molecule has 0 radical (unpaired) electrons. The molecule has 0 aliphatic carbocycles. The molecule has 2 heterocycles. The van der Waals surface area contributed by atoms with Crippen molar-refractivity contribution in [2.75, 3.05) is 26.2 Å². The van der Waals surface area contributed by atoms with Crippen molar-refractivity contribution in [2.24, 2.45) is 0 Å². The molecule has 0 unspecified atom stereocenters. The highest BCUT2D eigenvalue weighted by molar-refractivity contribution is 5.93. The molecule has 1 amide bonds. The van der Waals surface area contributed by atoms with E-state index in [-0.39, 0.29) is 5.69 Å². The average molecular weight is 343 g/mol. The molecule has 1 aliphatic heterocycles. The van der Waals surface area contributed by atoms with Gasteiger partial charge >= 0.3 is 6.18 Å². The first-order valence-electron chi connectivity index (χ1n) is 7.17. The van der Waals surface area contributed by atoms with E-state index in [1.165, 1.54) is 4.90 Å². The summed E-state index contributed by atoms with van der Waals surface area (Å²) in [6.45, 7) is 1.58. The zero-order valence-corrected chi connectivity index (χ0v) is 12.3. The second-order valence-corrected chi connectivity index (χ2v) is 5.21. The summed E-state index contributed by atoms with van der Waals surface area (Å²) in [6.07, 6.45) is -4.84. The number of benzene rings is 1. The molecule has 3 rings (SSSR count). The Balaban J connectivity index is 2.04. The summed E-state index contributed by atoms with van der Waals surface area (Å²) in [5, 5.41) is 9.91. The molecular formula is C14H13F4N5O. The monoisotopic (exact) mass is 343 g/mol. The molecule has 0 spiro atoms. The Morgan fingerprint density at radius 1 is 1.12 bits per heavy atom. The minimum Gasteiger partial charge on any atom is -0.335 e. The molecule has 6 nitrogen and oxygen atoms in total. The largest absolute Gasteiger partial charge is 0.435 e. The quantitative estimate of drug-likeness (QED) is 0.839. The number of nitrogens with zero attached hydrogens (tertiary/aromatic N) is 4. The van der Waals surface area contributed by atoms with Crippen LogP contribution < -0.4 is 5.32 Å². The van der Waals surface area contributed by atoms with E-state index < -0.39 is 29.3 Å². The lowest BCUT2D eigenvalue weighted by molar-refractivity contribution is -0.143. The van der Waals surface area contributed by atoms with Crippen LogP contribution in [0, 0.1) is 5.82 Å². The maximum absolute atomic E-state index is 13.5. The Hall–Kier alpha value is -2.49. The number of alkyl halides is 3. The van der Waals surface area contributed by atoms with Crippen LogP contribution in [0.5, 0.6) is 0 Å². The summed E-state index contributed by atoms with van der Waals surface area (Å²) in [7, 11) is 0. The summed E-state index contributed by atoms with van der Waals surface area (Å²) in [6, 6.07) is 4.29. The first-order valence-corrected chi connectivity index (χ1v) is 7.17. The van der Waals surface area contributed by atoms with E-state index in [0.717, 1.165) is 24.3 Å². The molecule has 0 atom stereocenters. The van der Waals surface area contributed by atoms with E-state index in [1.54, 1.807) is 0 Å². The fraction of sp³-hybridized carbons (Fsp3) is 0.357. The highest BCUT2D eigenvalue weighted by Gasteiger charge is 2.43. The summed E-state index contributed by atoms with van der Waals surface area (Å²) in [5.74, 6) is -1.42. The van der Waals surface area contributed by atoms with Crippen molar-refractivity contribution < 1.29 is 22.4 Å². The summed E-state index contributed by atoms with van der Waals surface area (Å²) in [4.78, 5) is 13.7. The Labute approximate surface area is 134 Å². The van der Waals surface area contributed by atoms with Crippen LogP contribution in [-0.4, -0.2) is 52.0 Å². The van der Waals surface area contributed by atoms with Crippen LogP contribution in [-0.2, 0) is 6.18 Å². The molecule has 128 valence electrons. The number of carbonyl (C=O) groups is 1. The van der Waals surface area contributed by atoms with Gasteiger partial charge in [-0.05, 0) is 24.3 Å². The highest BCUT2D eigenvalue weighted by Crippen LogP contribution is 2.33. The van der Waals surface area contributed by atoms with Crippen molar-refractivity contribution in [3.05, 3.63) is 41.5 Å². The Morgan fingerprint density at radius 2 is 1.75 bits per heavy atom. The molecule has 24 heavy (non-hydrogen) atoms. The lowest BCUT2D eigenvalue weighted by atomic mass is 10.2. The van der Waals surface area contributed by atoms with Crippen LogP contribution in [0.2, 0.25) is 0 Å². The first-order chi connectivity index (χ1) is 11.4. The molecule has 1 aromatic carbocycles. The van der Waals surface area contributed by atoms with Gasteiger partial charge < -0.3 is 10.2 Å². The van der Waals surface area contributed by atoms with E-state index in [9.17, 15) is 22.4 Å². The van der Waals surface area contributed by atoms with Crippen LogP contribution in [0.25, 0.3) is 5.69 Å². The minimum absolute atomic E-state index is 0.0319. The van der Waals surface area contributed by atoms with Gasteiger partial charge in [0.1, 0.15) is 5.82 Å². The number of rotatable bonds is 2. The zero-order chi connectivity index (χ0) is 17.3. The van der Waals surface area contributed by atoms with Crippen molar-refractivity contribution in [1.29, 1.82) is 0 Å². The lowest BCUT2D eigenvalue weighted by Crippen LogP contribution is -2.47. The molecule has 1 saturated heterocycles. The highest BCUT2D eigenvalue weighted by atomic mass is 19.4. The van der Waals surface area contributed by atoms with Gasteiger partial charge in [-0.15, -0.1) is 5.10 Å². The summed E-state index contributed by atoms with van der Waals surface area (Å²) in [5.41, 5.74) is -2.05. The Bertz CT molecular complexity index is 735.